The molecule has 1 N–H and O–H groups in total. The topological polar surface area (TPSA) is 29.5 Å². The van der Waals surface area contributed by atoms with E-state index in [0.29, 0.717) is 0 Å². The van der Waals surface area contributed by atoms with Crippen LogP contribution in [0.3, 0.4) is 0 Å². The van der Waals surface area contributed by atoms with Crippen LogP contribution in [0.5, 0.6) is 0 Å². The van der Waals surface area contributed by atoms with Crippen LogP contribution in [0, 0.1) is 0 Å². The Balaban J connectivity index is 1.79. The van der Waals surface area contributed by atoms with E-state index < -0.39 is 11.7 Å². The van der Waals surface area contributed by atoms with E-state index in [-0.39, 0.29) is 6.61 Å². The van der Waals surface area contributed by atoms with Crippen LogP contribution in [0.25, 0.3) is 0 Å². The van der Waals surface area contributed by atoms with Gasteiger partial charge in [-0.15, -0.1) is 0 Å². The lowest BCUT2D eigenvalue weighted by Crippen LogP contribution is -2.34. The van der Waals surface area contributed by atoms with Crippen molar-refractivity contribution in [3.63, 3.8) is 0 Å². The molecule has 0 amide bonds. The summed E-state index contributed by atoms with van der Waals surface area (Å²) in [5.41, 5.74) is 3.04. The number of aliphatic hydroxyl groups is 1. The lowest BCUT2D eigenvalue weighted by Gasteiger charge is -2.36. The first kappa shape index (κ1) is 20.5. The number of benzene rings is 4. The molecule has 150 valence electrons. The van der Waals surface area contributed by atoms with Gasteiger partial charge in [-0.2, -0.15) is 0 Å². The van der Waals surface area contributed by atoms with Crippen LogP contribution in [-0.2, 0) is 10.3 Å². The monoisotopic (exact) mass is 458 g/mol. The van der Waals surface area contributed by atoms with Crippen molar-refractivity contribution in [1.82, 2.24) is 0 Å². The third-order valence-electron chi connectivity index (χ3n) is 5.25. The predicted octanol–water partition coefficient (Wildman–Crippen LogP) is 6.49. The van der Waals surface area contributed by atoms with E-state index >= 15 is 0 Å². The van der Waals surface area contributed by atoms with Crippen molar-refractivity contribution in [2.45, 2.75) is 11.7 Å². The first-order valence-electron chi connectivity index (χ1n) is 9.94. The molecule has 3 heteroatoms. The highest BCUT2D eigenvalue weighted by atomic mass is 79.9. The smallest absolute Gasteiger partial charge is 0.143 e. The van der Waals surface area contributed by atoms with Gasteiger partial charge in [-0.25, -0.2) is 0 Å². The average molecular weight is 459 g/mol. The lowest BCUT2D eigenvalue weighted by atomic mass is 9.80. The molecule has 0 fully saturated rings. The second-order valence-electron chi connectivity index (χ2n) is 7.16. The summed E-state index contributed by atoms with van der Waals surface area (Å²) in [5, 5.41) is 10.9. The molecule has 0 bridgehead atoms. The minimum absolute atomic E-state index is 0.153. The minimum Gasteiger partial charge on any atom is -0.386 e. The van der Waals surface area contributed by atoms with Crippen molar-refractivity contribution in [2.24, 2.45) is 0 Å². The number of hydrogen-bond acceptors (Lipinski definition) is 2. The van der Waals surface area contributed by atoms with Gasteiger partial charge in [0.05, 0.1) is 6.61 Å². The summed E-state index contributed by atoms with van der Waals surface area (Å²) in [5.74, 6) is 0. The molecule has 0 heterocycles. The van der Waals surface area contributed by atoms with Gasteiger partial charge < -0.3 is 9.84 Å². The molecule has 2 nitrogen and oxygen atoms in total. The first-order chi connectivity index (χ1) is 14.7. The zero-order valence-electron chi connectivity index (χ0n) is 16.5. The predicted molar refractivity (Wildman–Crippen MR) is 124 cm³/mol. The first-order valence-corrected chi connectivity index (χ1v) is 10.7. The van der Waals surface area contributed by atoms with Crippen LogP contribution in [0.2, 0.25) is 0 Å². The zero-order valence-corrected chi connectivity index (χ0v) is 18.1. The Hall–Kier alpha value is -2.72. The second-order valence-corrected chi connectivity index (χ2v) is 8.07. The van der Waals surface area contributed by atoms with Crippen LogP contribution in [-0.4, -0.2) is 11.7 Å². The largest absolute Gasteiger partial charge is 0.386 e. The van der Waals surface area contributed by atoms with E-state index in [2.05, 4.69) is 52.3 Å². The fourth-order valence-corrected chi connectivity index (χ4v) is 4.02. The van der Waals surface area contributed by atoms with E-state index in [1.54, 1.807) is 0 Å². The zero-order chi connectivity index (χ0) is 20.8. The lowest BCUT2D eigenvalue weighted by molar-refractivity contribution is -0.0390. The van der Waals surface area contributed by atoms with Gasteiger partial charge >= 0.3 is 0 Å². The van der Waals surface area contributed by atoms with Gasteiger partial charge in [0.1, 0.15) is 11.7 Å². The van der Waals surface area contributed by atoms with Crippen LogP contribution < -0.4 is 0 Å². The highest BCUT2D eigenvalue weighted by molar-refractivity contribution is 9.10. The van der Waals surface area contributed by atoms with Crippen LogP contribution >= 0.6 is 15.9 Å². The molecule has 0 spiro atoms. The van der Waals surface area contributed by atoms with Gasteiger partial charge in [0.15, 0.2) is 0 Å². The van der Waals surface area contributed by atoms with Gasteiger partial charge in [0, 0.05) is 4.47 Å². The molecule has 0 aliphatic rings. The van der Waals surface area contributed by atoms with E-state index in [9.17, 15) is 5.11 Å². The number of ether oxygens (including phenoxy) is 1. The molecule has 4 rings (SSSR count). The van der Waals surface area contributed by atoms with Crippen molar-refractivity contribution < 1.29 is 9.84 Å². The summed E-state index contributed by atoms with van der Waals surface area (Å²) >= 11 is 3.44. The fraction of sp³-hybridized carbons (Fsp3) is 0.111. The van der Waals surface area contributed by atoms with Gasteiger partial charge in [0.2, 0.25) is 0 Å². The molecule has 4 aromatic rings. The number of halogens is 1. The maximum atomic E-state index is 10.9. The molecular weight excluding hydrogens is 436 g/mol. The quantitative estimate of drug-likeness (QED) is 0.320. The number of hydrogen-bond donors (Lipinski definition) is 1. The third kappa shape index (κ3) is 4.24. The van der Waals surface area contributed by atoms with Crippen LogP contribution in [0.4, 0.5) is 0 Å². The van der Waals surface area contributed by atoms with Gasteiger partial charge in [-0.05, 0) is 34.4 Å². The molecule has 4 aromatic carbocycles. The number of rotatable bonds is 7. The third-order valence-corrected chi connectivity index (χ3v) is 5.78. The van der Waals surface area contributed by atoms with Gasteiger partial charge in [-0.3, -0.25) is 0 Å². The molecule has 0 saturated heterocycles. The summed E-state index contributed by atoms with van der Waals surface area (Å²) in [6, 6.07) is 38.2. The average Bonchev–Trinajstić information content (AvgIpc) is 2.82. The van der Waals surface area contributed by atoms with Crippen LogP contribution in [0.15, 0.2) is 120 Å². The Morgan fingerprint density at radius 3 is 1.43 bits per heavy atom. The molecule has 30 heavy (non-hydrogen) atoms. The standard InChI is InChI=1S/C27H23BrO2/c28-25-18-16-21(17-19-25)26(29)20-30-27(22-10-4-1-5-11-22,23-12-6-2-7-13-23)24-14-8-3-9-15-24/h1-19,26,29H,20H2. The Morgan fingerprint density at radius 1 is 0.633 bits per heavy atom. The summed E-state index contributed by atoms with van der Waals surface area (Å²) in [6.45, 7) is 0.153. The Labute approximate surface area is 185 Å². The summed E-state index contributed by atoms with van der Waals surface area (Å²) in [7, 11) is 0. The Bertz CT molecular complexity index is 952. The SMILES string of the molecule is OC(COC(c1ccccc1)(c1ccccc1)c1ccccc1)c1ccc(Br)cc1. The van der Waals surface area contributed by atoms with Crippen molar-refractivity contribution >= 4 is 15.9 Å². The van der Waals surface area contributed by atoms with Gasteiger partial charge in [-0.1, -0.05) is 119 Å². The van der Waals surface area contributed by atoms with Crippen LogP contribution in [0.1, 0.15) is 28.4 Å². The van der Waals surface area contributed by atoms with Gasteiger partial charge in [0.25, 0.3) is 0 Å². The maximum Gasteiger partial charge on any atom is 0.143 e. The molecule has 1 atom stereocenters. The van der Waals surface area contributed by atoms with Crippen molar-refractivity contribution in [3.8, 4) is 0 Å². The number of aliphatic hydroxyl groups excluding tert-OH is 1. The minimum atomic E-state index is -0.833. The van der Waals surface area contributed by atoms with E-state index in [1.807, 2.05) is 78.9 Å². The molecule has 0 aliphatic carbocycles. The summed E-state index contributed by atoms with van der Waals surface area (Å²) in [4.78, 5) is 0. The highest BCUT2D eigenvalue weighted by Gasteiger charge is 2.38. The Kier molecular flexibility index (Phi) is 6.44. The van der Waals surface area contributed by atoms with E-state index in [0.717, 1.165) is 26.7 Å². The molecular formula is C27H23BrO2. The second kappa shape index (κ2) is 9.40. The summed E-state index contributed by atoms with van der Waals surface area (Å²) in [6.07, 6.45) is -0.742. The summed E-state index contributed by atoms with van der Waals surface area (Å²) < 4.78 is 7.65. The fourth-order valence-electron chi connectivity index (χ4n) is 3.75. The normalized spacial score (nSPS) is 12.5. The maximum absolute atomic E-state index is 10.9. The highest BCUT2D eigenvalue weighted by Crippen LogP contribution is 2.41. The molecule has 0 aromatic heterocycles. The molecule has 0 radical (unpaired) electrons. The van der Waals surface area contributed by atoms with Crippen molar-refractivity contribution in [1.29, 1.82) is 0 Å². The molecule has 0 aliphatic heterocycles. The molecule has 0 saturated carbocycles. The Morgan fingerprint density at radius 2 is 1.03 bits per heavy atom. The van der Waals surface area contributed by atoms with Crippen molar-refractivity contribution in [3.05, 3.63) is 142 Å². The van der Waals surface area contributed by atoms with Crippen molar-refractivity contribution in [2.75, 3.05) is 6.61 Å². The van der Waals surface area contributed by atoms with E-state index in [1.165, 1.54) is 0 Å². The molecule has 1 unspecified atom stereocenters. The van der Waals surface area contributed by atoms with E-state index in [4.69, 9.17) is 4.74 Å².